The number of nitrogens with zero attached hydrogens (tertiary/aromatic N) is 2. The molecule has 17 heavy (non-hydrogen) atoms. The summed E-state index contributed by atoms with van der Waals surface area (Å²) in [7, 11) is 0. The van der Waals surface area contributed by atoms with E-state index in [1.165, 1.54) is 6.33 Å². The summed E-state index contributed by atoms with van der Waals surface area (Å²) in [5.41, 5.74) is 0.729. The van der Waals surface area contributed by atoms with Crippen LogP contribution in [0.25, 0.3) is 0 Å². The Morgan fingerprint density at radius 1 is 1.24 bits per heavy atom. The van der Waals surface area contributed by atoms with E-state index < -0.39 is 5.97 Å². The SMILES string of the molecule is O=C(O)Cc1ccc(Oc2ccncn2)cc1. The van der Waals surface area contributed by atoms with Gasteiger partial charge in [-0.25, -0.2) is 9.97 Å². The van der Waals surface area contributed by atoms with Gasteiger partial charge in [-0.2, -0.15) is 0 Å². The fraction of sp³-hybridized carbons (Fsp3) is 0.0833. The van der Waals surface area contributed by atoms with Gasteiger partial charge in [-0.3, -0.25) is 4.79 Å². The molecule has 1 N–H and O–H groups in total. The van der Waals surface area contributed by atoms with Crippen LogP contribution >= 0.6 is 0 Å². The second-order valence-electron chi connectivity index (χ2n) is 3.36. The summed E-state index contributed by atoms with van der Waals surface area (Å²) >= 11 is 0. The maximum absolute atomic E-state index is 10.5. The van der Waals surface area contributed by atoms with Crippen molar-refractivity contribution in [2.24, 2.45) is 0 Å². The van der Waals surface area contributed by atoms with Crippen LogP contribution in [-0.4, -0.2) is 21.0 Å². The predicted octanol–water partition coefficient (Wildman–Crippen LogP) is 1.90. The number of benzene rings is 1. The minimum Gasteiger partial charge on any atom is -0.481 e. The Kier molecular flexibility index (Phi) is 3.30. The summed E-state index contributed by atoms with van der Waals surface area (Å²) < 4.78 is 5.44. The van der Waals surface area contributed by atoms with E-state index in [1.54, 1.807) is 36.5 Å². The molecule has 2 aromatic rings. The van der Waals surface area contributed by atoms with Crippen LogP contribution in [0.1, 0.15) is 5.56 Å². The Labute approximate surface area is 97.7 Å². The van der Waals surface area contributed by atoms with Gasteiger partial charge in [-0.1, -0.05) is 12.1 Å². The Bertz CT molecular complexity index is 497. The zero-order chi connectivity index (χ0) is 12.1. The first-order valence-electron chi connectivity index (χ1n) is 4.98. The van der Waals surface area contributed by atoms with Gasteiger partial charge in [0.2, 0.25) is 5.88 Å². The number of hydrogen-bond donors (Lipinski definition) is 1. The topological polar surface area (TPSA) is 72.3 Å². The van der Waals surface area contributed by atoms with Gasteiger partial charge in [0.15, 0.2) is 0 Å². The van der Waals surface area contributed by atoms with Crippen molar-refractivity contribution in [2.75, 3.05) is 0 Å². The molecule has 0 amide bonds. The van der Waals surface area contributed by atoms with Crippen molar-refractivity contribution < 1.29 is 14.6 Å². The first kappa shape index (κ1) is 11.1. The van der Waals surface area contributed by atoms with Crippen molar-refractivity contribution in [3.05, 3.63) is 48.4 Å². The fourth-order valence-corrected chi connectivity index (χ4v) is 1.31. The monoisotopic (exact) mass is 230 g/mol. The zero-order valence-corrected chi connectivity index (χ0v) is 8.91. The number of ether oxygens (including phenoxy) is 1. The van der Waals surface area contributed by atoms with E-state index in [9.17, 15) is 4.79 Å². The number of aliphatic carboxylic acids is 1. The summed E-state index contributed by atoms with van der Waals surface area (Å²) in [5.74, 6) is 0.207. The Balaban J connectivity index is 2.06. The van der Waals surface area contributed by atoms with Crippen LogP contribution in [-0.2, 0) is 11.2 Å². The minimum absolute atomic E-state index is 0.00773. The molecule has 1 aromatic heterocycles. The van der Waals surface area contributed by atoms with Crippen molar-refractivity contribution >= 4 is 5.97 Å². The van der Waals surface area contributed by atoms with E-state index >= 15 is 0 Å². The molecule has 5 nitrogen and oxygen atoms in total. The van der Waals surface area contributed by atoms with Crippen molar-refractivity contribution in [3.63, 3.8) is 0 Å². The molecule has 0 saturated carbocycles. The van der Waals surface area contributed by atoms with Crippen molar-refractivity contribution in [1.82, 2.24) is 9.97 Å². The van der Waals surface area contributed by atoms with Gasteiger partial charge in [0.25, 0.3) is 0 Å². The summed E-state index contributed by atoms with van der Waals surface area (Å²) in [6.45, 7) is 0. The maximum atomic E-state index is 10.5. The lowest BCUT2D eigenvalue weighted by Crippen LogP contribution is -1.99. The molecular weight excluding hydrogens is 220 g/mol. The number of carbonyl (C=O) groups is 1. The molecule has 0 aliphatic heterocycles. The highest BCUT2D eigenvalue weighted by Crippen LogP contribution is 2.18. The molecule has 0 saturated heterocycles. The lowest BCUT2D eigenvalue weighted by Gasteiger charge is -2.04. The molecule has 86 valence electrons. The van der Waals surface area contributed by atoms with E-state index in [0.717, 1.165) is 5.56 Å². The van der Waals surface area contributed by atoms with Crippen molar-refractivity contribution in [2.45, 2.75) is 6.42 Å². The van der Waals surface area contributed by atoms with Crippen LogP contribution in [0.5, 0.6) is 11.6 Å². The highest BCUT2D eigenvalue weighted by Gasteiger charge is 2.01. The van der Waals surface area contributed by atoms with E-state index in [-0.39, 0.29) is 6.42 Å². The smallest absolute Gasteiger partial charge is 0.307 e. The Morgan fingerprint density at radius 3 is 2.59 bits per heavy atom. The van der Waals surface area contributed by atoms with Crippen LogP contribution in [0.15, 0.2) is 42.9 Å². The molecular formula is C12H10N2O3. The predicted molar refractivity (Wildman–Crippen MR) is 59.9 cm³/mol. The van der Waals surface area contributed by atoms with Crippen LogP contribution in [0.3, 0.4) is 0 Å². The molecule has 0 aliphatic carbocycles. The van der Waals surface area contributed by atoms with Crippen LogP contribution < -0.4 is 4.74 Å². The van der Waals surface area contributed by atoms with Gasteiger partial charge in [0.05, 0.1) is 6.42 Å². The molecule has 0 bridgehead atoms. The van der Waals surface area contributed by atoms with Crippen molar-refractivity contribution in [1.29, 1.82) is 0 Å². The average molecular weight is 230 g/mol. The van der Waals surface area contributed by atoms with Crippen LogP contribution in [0, 0.1) is 0 Å². The molecule has 0 spiro atoms. The second-order valence-corrected chi connectivity index (χ2v) is 3.36. The minimum atomic E-state index is -0.852. The highest BCUT2D eigenvalue weighted by molar-refractivity contribution is 5.70. The Hall–Kier alpha value is -2.43. The van der Waals surface area contributed by atoms with Gasteiger partial charge in [-0.15, -0.1) is 0 Å². The average Bonchev–Trinajstić information content (AvgIpc) is 2.32. The quantitative estimate of drug-likeness (QED) is 0.868. The fourth-order valence-electron chi connectivity index (χ4n) is 1.31. The number of carboxylic acid groups (broad SMARTS) is 1. The zero-order valence-electron chi connectivity index (χ0n) is 8.91. The molecule has 1 aromatic carbocycles. The normalized spacial score (nSPS) is 9.88. The molecule has 0 atom stereocenters. The highest BCUT2D eigenvalue weighted by atomic mass is 16.5. The molecule has 0 radical (unpaired) electrons. The molecule has 2 rings (SSSR count). The Morgan fingerprint density at radius 2 is 2.00 bits per heavy atom. The molecule has 0 aliphatic rings. The summed E-state index contributed by atoms with van der Waals surface area (Å²) in [6, 6.07) is 8.49. The van der Waals surface area contributed by atoms with Crippen molar-refractivity contribution in [3.8, 4) is 11.6 Å². The number of aromatic nitrogens is 2. The third-order valence-electron chi connectivity index (χ3n) is 2.06. The maximum Gasteiger partial charge on any atom is 0.307 e. The first-order chi connectivity index (χ1) is 8.24. The third kappa shape index (κ3) is 3.27. The van der Waals surface area contributed by atoms with Gasteiger partial charge in [0.1, 0.15) is 12.1 Å². The first-order valence-corrected chi connectivity index (χ1v) is 4.98. The molecule has 1 heterocycles. The van der Waals surface area contributed by atoms with Gasteiger partial charge < -0.3 is 9.84 Å². The lowest BCUT2D eigenvalue weighted by atomic mass is 10.1. The van der Waals surface area contributed by atoms with Gasteiger partial charge >= 0.3 is 5.97 Å². The standard InChI is InChI=1S/C12H10N2O3/c15-12(16)7-9-1-3-10(4-2-9)17-11-5-6-13-8-14-11/h1-6,8H,7H2,(H,15,16). The van der Waals surface area contributed by atoms with Gasteiger partial charge in [0, 0.05) is 12.3 Å². The summed E-state index contributed by atoms with van der Waals surface area (Å²) in [6.07, 6.45) is 2.99. The van der Waals surface area contributed by atoms with Crippen LogP contribution in [0.4, 0.5) is 0 Å². The second kappa shape index (κ2) is 5.07. The number of hydrogen-bond acceptors (Lipinski definition) is 4. The number of carboxylic acids is 1. The van der Waals surface area contributed by atoms with E-state index in [4.69, 9.17) is 9.84 Å². The number of rotatable bonds is 4. The van der Waals surface area contributed by atoms with E-state index in [2.05, 4.69) is 9.97 Å². The van der Waals surface area contributed by atoms with Crippen LogP contribution in [0.2, 0.25) is 0 Å². The van der Waals surface area contributed by atoms with E-state index in [1.807, 2.05) is 0 Å². The molecule has 0 fully saturated rings. The summed E-state index contributed by atoms with van der Waals surface area (Å²) in [5, 5.41) is 8.62. The lowest BCUT2D eigenvalue weighted by molar-refractivity contribution is -0.136. The third-order valence-corrected chi connectivity index (χ3v) is 2.06. The molecule has 5 heteroatoms. The van der Waals surface area contributed by atoms with Gasteiger partial charge in [-0.05, 0) is 17.7 Å². The van der Waals surface area contributed by atoms with E-state index in [0.29, 0.717) is 11.6 Å². The summed E-state index contributed by atoms with van der Waals surface area (Å²) in [4.78, 5) is 18.2. The largest absolute Gasteiger partial charge is 0.481 e. The molecule has 0 unspecified atom stereocenters.